The third-order valence-corrected chi connectivity index (χ3v) is 3.62. The van der Waals surface area contributed by atoms with E-state index in [1.54, 1.807) is 13.1 Å². The number of hydrogen-bond acceptors (Lipinski definition) is 3. The maximum absolute atomic E-state index is 11.6. The van der Waals surface area contributed by atoms with Crippen LogP contribution in [0.2, 0.25) is 0 Å². The van der Waals surface area contributed by atoms with Gasteiger partial charge in [-0.25, -0.2) is 8.42 Å². The second-order valence-electron chi connectivity index (χ2n) is 3.10. The van der Waals surface area contributed by atoms with Crippen LogP contribution in [0.15, 0.2) is 29.9 Å². The van der Waals surface area contributed by atoms with Gasteiger partial charge >= 0.3 is 0 Å². The molecule has 0 aliphatic rings. The Balaban J connectivity index is 2.71. The van der Waals surface area contributed by atoms with Crippen LogP contribution in [0.3, 0.4) is 0 Å². The van der Waals surface area contributed by atoms with Crippen LogP contribution in [0, 0.1) is 0 Å². The molecule has 0 saturated carbocycles. The summed E-state index contributed by atoms with van der Waals surface area (Å²) in [4.78, 5) is 0.295. The summed E-state index contributed by atoms with van der Waals surface area (Å²) < 4.78 is 24.8. The maximum Gasteiger partial charge on any atom is 0.181 e. The maximum atomic E-state index is 11.6. The van der Waals surface area contributed by atoms with Gasteiger partial charge in [0.05, 0.1) is 11.9 Å². The average molecular weight is 214 g/mol. The molecule has 0 fully saturated rings. The molecular weight excluding hydrogens is 200 g/mol. The lowest BCUT2D eigenvalue weighted by atomic mass is 10.3. The summed E-state index contributed by atoms with van der Waals surface area (Å²) in [6.45, 7) is 3.55. The van der Waals surface area contributed by atoms with Gasteiger partial charge in [-0.15, -0.1) is 6.58 Å². The van der Waals surface area contributed by atoms with Gasteiger partial charge in [-0.3, -0.25) is 4.68 Å². The average Bonchev–Trinajstić information content (AvgIpc) is 2.53. The first-order valence-corrected chi connectivity index (χ1v) is 6.04. The van der Waals surface area contributed by atoms with Crippen molar-refractivity contribution in [3.05, 3.63) is 25.0 Å². The molecule has 0 bridgehead atoms. The molecule has 0 aromatic carbocycles. The lowest BCUT2D eigenvalue weighted by Gasteiger charge is -1.98. The van der Waals surface area contributed by atoms with Crippen LogP contribution in [-0.2, 0) is 16.9 Å². The van der Waals surface area contributed by atoms with Gasteiger partial charge in [0.25, 0.3) is 0 Å². The normalized spacial score (nSPS) is 11.5. The molecule has 0 aliphatic heterocycles. The molecule has 0 N–H and O–H groups in total. The van der Waals surface area contributed by atoms with Gasteiger partial charge in [-0.05, 0) is 12.8 Å². The minimum absolute atomic E-state index is 0.157. The molecule has 0 amide bonds. The summed E-state index contributed by atoms with van der Waals surface area (Å²) in [6.07, 6.45) is 5.95. The summed E-state index contributed by atoms with van der Waals surface area (Å²) in [6, 6.07) is 0. The van der Waals surface area contributed by atoms with E-state index in [0.717, 1.165) is 6.42 Å². The number of sulfone groups is 1. The highest BCUT2D eigenvalue weighted by Gasteiger charge is 2.14. The standard InChI is InChI=1S/C9H14N2O2S/c1-3-4-5-6-14(12,13)9-7-10-11(2)8-9/h3,7-8H,1,4-6H2,2H3. The first kappa shape index (κ1) is 11.0. The zero-order valence-corrected chi connectivity index (χ0v) is 9.00. The van der Waals surface area contributed by atoms with Crippen molar-refractivity contribution in [2.75, 3.05) is 5.75 Å². The summed E-state index contributed by atoms with van der Waals surface area (Å²) >= 11 is 0. The molecule has 0 unspecified atom stereocenters. The minimum Gasteiger partial charge on any atom is -0.274 e. The van der Waals surface area contributed by atoms with Crippen molar-refractivity contribution in [3.8, 4) is 0 Å². The molecule has 78 valence electrons. The Morgan fingerprint density at radius 2 is 2.36 bits per heavy atom. The van der Waals surface area contributed by atoms with Crippen molar-refractivity contribution in [1.82, 2.24) is 9.78 Å². The van der Waals surface area contributed by atoms with E-state index in [4.69, 9.17) is 0 Å². The van der Waals surface area contributed by atoms with Crippen LogP contribution < -0.4 is 0 Å². The van der Waals surface area contributed by atoms with Gasteiger partial charge in [-0.1, -0.05) is 6.08 Å². The van der Waals surface area contributed by atoms with Crippen LogP contribution in [0.4, 0.5) is 0 Å². The second kappa shape index (κ2) is 4.41. The van der Waals surface area contributed by atoms with Gasteiger partial charge in [0.2, 0.25) is 0 Å². The van der Waals surface area contributed by atoms with E-state index in [-0.39, 0.29) is 5.75 Å². The Morgan fingerprint density at radius 3 is 2.86 bits per heavy atom. The fourth-order valence-electron chi connectivity index (χ4n) is 1.09. The van der Waals surface area contributed by atoms with Gasteiger partial charge in [0, 0.05) is 13.2 Å². The van der Waals surface area contributed by atoms with E-state index in [0.29, 0.717) is 11.3 Å². The Kier molecular flexibility index (Phi) is 3.46. The number of unbranched alkanes of at least 4 members (excludes halogenated alkanes) is 1. The van der Waals surface area contributed by atoms with Gasteiger partial charge in [0.1, 0.15) is 4.90 Å². The molecule has 1 rings (SSSR count). The summed E-state index contributed by atoms with van der Waals surface area (Å²) in [5.74, 6) is 0.157. The van der Waals surface area contributed by atoms with Crippen molar-refractivity contribution in [2.24, 2.45) is 7.05 Å². The first-order valence-electron chi connectivity index (χ1n) is 4.38. The first-order chi connectivity index (χ1) is 6.56. The number of hydrogen-bond donors (Lipinski definition) is 0. The number of allylic oxidation sites excluding steroid dienone is 1. The lowest BCUT2D eigenvalue weighted by Crippen LogP contribution is -2.05. The zero-order valence-electron chi connectivity index (χ0n) is 8.18. The van der Waals surface area contributed by atoms with Crippen LogP contribution >= 0.6 is 0 Å². The highest BCUT2D eigenvalue weighted by Crippen LogP contribution is 2.10. The quantitative estimate of drug-likeness (QED) is 0.546. The third kappa shape index (κ3) is 2.70. The number of aromatic nitrogens is 2. The van der Waals surface area contributed by atoms with Crippen molar-refractivity contribution in [3.63, 3.8) is 0 Å². The van der Waals surface area contributed by atoms with Crippen molar-refractivity contribution in [1.29, 1.82) is 0 Å². The van der Waals surface area contributed by atoms with Crippen LogP contribution in [0.1, 0.15) is 12.8 Å². The van der Waals surface area contributed by atoms with Crippen molar-refractivity contribution < 1.29 is 8.42 Å². The van der Waals surface area contributed by atoms with E-state index in [1.165, 1.54) is 17.1 Å². The molecule has 4 nitrogen and oxygen atoms in total. The van der Waals surface area contributed by atoms with Crippen molar-refractivity contribution >= 4 is 9.84 Å². The fraction of sp³-hybridized carbons (Fsp3) is 0.444. The van der Waals surface area contributed by atoms with E-state index in [9.17, 15) is 8.42 Å². The molecule has 0 radical (unpaired) electrons. The monoisotopic (exact) mass is 214 g/mol. The van der Waals surface area contributed by atoms with Crippen LogP contribution in [0.25, 0.3) is 0 Å². The predicted octanol–water partition coefficient (Wildman–Crippen LogP) is 1.16. The Labute approximate surface area is 84.2 Å². The molecule has 14 heavy (non-hydrogen) atoms. The highest BCUT2D eigenvalue weighted by atomic mass is 32.2. The van der Waals surface area contributed by atoms with Gasteiger partial charge < -0.3 is 0 Å². The molecular formula is C9H14N2O2S. The molecule has 0 spiro atoms. The SMILES string of the molecule is C=CCCCS(=O)(=O)c1cnn(C)c1. The molecule has 0 saturated heterocycles. The van der Waals surface area contributed by atoms with Gasteiger partial charge in [0.15, 0.2) is 9.84 Å². The Morgan fingerprint density at radius 1 is 1.64 bits per heavy atom. The molecule has 1 heterocycles. The number of aryl methyl sites for hydroxylation is 1. The fourth-order valence-corrected chi connectivity index (χ4v) is 2.40. The predicted molar refractivity (Wildman–Crippen MR) is 54.7 cm³/mol. The number of nitrogens with zero attached hydrogens (tertiary/aromatic N) is 2. The summed E-state index contributed by atoms with van der Waals surface area (Å²) in [5.41, 5.74) is 0. The Hall–Kier alpha value is -1.10. The zero-order chi connectivity index (χ0) is 10.6. The molecule has 0 atom stereocenters. The smallest absolute Gasteiger partial charge is 0.181 e. The topological polar surface area (TPSA) is 52.0 Å². The largest absolute Gasteiger partial charge is 0.274 e. The molecule has 0 aliphatic carbocycles. The van der Waals surface area contributed by atoms with E-state index in [2.05, 4.69) is 11.7 Å². The third-order valence-electron chi connectivity index (χ3n) is 1.86. The van der Waals surface area contributed by atoms with Crippen molar-refractivity contribution in [2.45, 2.75) is 17.7 Å². The Bertz CT molecular complexity index is 406. The number of rotatable bonds is 5. The molecule has 5 heteroatoms. The van der Waals surface area contributed by atoms with E-state index < -0.39 is 9.84 Å². The highest BCUT2D eigenvalue weighted by molar-refractivity contribution is 7.91. The van der Waals surface area contributed by atoms with Gasteiger partial charge in [-0.2, -0.15) is 5.10 Å². The lowest BCUT2D eigenvalue weighted by molar-refractivity contribution is 0.593. The molecule has 1 aromatic rings. The van der Waals surface area contributed by atoms with Crippen LogP contribution in [-0.4, -0.2) is 24.0 Å². The molecule has 1 aromatic heterocycles. The second-order valence-corrected chi connectivity index (χ2v) is 5.21. The minimum atomic E-state index is -3.14. The summed E-state index contributed by atoms with van der Waals surface area (Å²) in [5, 5.41) is 3.83. The van der Waals surface area contributed by atoms with E-state index in [1.807, 2.05) is 0 Å². The van der Waals surface area contributed by atoms with E-state index >= 15 is 0 Å². The van der Waals surface area contributed by atoms with Crippen LogP contribution in [0.5, 0.6) is 0 Å². The summed E-state index contributed by atoms with van der Waals surface area (Å²) in [7, 11) is -1.45.